The second-order valence-electron chi connectivity index (χ2n) is 5.29. The van der Waals surface area contributed by atoms with E-state index in [2.05, 4.69) is 10.2 Å². The molecule has 0 aliphatic carbocycles. The molecule has 1 unspecified atom stereocenters. The van der Waals surface area contributed by atoms with Crippen molar-refractivity contribution in [3.05, 3.63) is 17.7 Å². The minimum absolute atomic E-state index is 0.105. The third-order valence-electron chi connectivity index (χ3n) is 3.98. The van der Waals surface area contributed by atoms with Crippen LogP contribution in [0.5, 0.6) is 17.2 Å². The molecule has 1 atom stereocenters. The van der Waals surface area contributed by atoms with Gasteiger partial charge in [0.25, 0.3) is 0 Å². The number of nitrogens with zero attached hydrogens (tertiary/aromatic N) is 1. The van der Waals surface area contributed by atoms with E-state index in [9.17, 15) is 4.79 Å². The maximum atomic E-state index is 11.8. The molecule has 0 spiro atoms. The first kappa shape index (κ1) is 16.6. The largest absolute Gasteiger partial charge is 0.493 e. The lowest BCUT2D eigenvalue weighted by Crippen LogP contribution is -2.53. The summed E-state index contributed by atoms with van der Waals surface area (Å²) in [6, 6.07) is 3.72. The Hall–Kier alpha value is -1.79. The van der Waals surface area contributed by atoms with Crippen molar-refractivity contribution in [2.75, 3.05) is 41.0 Å². The molecule has 2 rings (SSSR count). The zero-order chi connectivity index (χ0) is 16.1. The molecule has 22 heavy (non-hydrogen) atoms. The van der Waals surface area contributed by atoms with Crippen molar-refractivity contribution in [2.45, 2.75) is 19.5 Å². The summed E-state index contributed by atoms with van der Waals surface area (Å²) in [6.45, 7) is 4.65. The van der Waals surface area contributed by atoms with E-state index >= 15 is 0 Å². The molecule has 6 heteroatoms. The summed E-state index contributed by atoms with van der Waals surface area (Å²) < 4.78 is 16.2. The van der Waals surface area contributed by atoms with E-state index in [0.717, 1.165) is 18.7 Å². The third-order valence-corrected chi connectivity index (χ3v) is 3.98. The van der Waals surface area contributed by atoms with Gasteiger partial charge in [-0.15, -0.1) is 0 Å². The van der Waals surface area contributed by atoms with Crippen LogP contribution in [0.2, 0.25) is 0 Å². The van der Waals surface area contributed by atoms with E-state index in [-0.39, 0.29) is 11.8 Å². The van der Waals surface area contributed by atoms with Crippen molar-refractivity contribution >= 4 is 5.78 Å². The molecule has 1 heterocycles. The van der Waals surface area contributed by atoms with Gasteiger partial charge >= 0.3 is 0 Å². The number of rotatable bonds is 6. The molecule has 0 saturated carbocycles. The summed E-state index contributed by atoms with van der Waals surface area (Å²) in [5.41, 5.74) is 0.980. The molecule has 1 N–H and O–H groups in total. The number of ketones is 1. The lowest BCUT2D eigenvalue weighted by atomic mass is 10.1. The minimum Gasteiger partial charge on any atom is -0.493 e. The maximum absolute atomic E-state index is 11.8. The first-order valence-electron chi connectivity index (χ1n) is 7.35. The normalized spacial score (nSPS) is 18.8. The van der Waals surface area contributed by atoms with Gasteiger partial charge in [0.15, 0.2) is 11.5 Å². The quantitative estimate of drug-likeness (QED) is 0.848. The van der Waals surface area contributed by atoms with Crippen molar-refractivity contribution in [1.82, 2.24) is 10.2 Å². The number of hydrogen-bond acceptors (Lipinski definition) is 6. The predicted molar refractivity (Wildman–Crippen MR) is 83.8 cm³/mol. The van der Waals surface area contributed by atoms with Gasteiger partial charge < -0.3 is 19.5 Å². The van der Waals surface area contributed by atoms with Crippen LogP contribution in [0.25, 0.3) is 0 Å². The number of Topliss-reactive ketones (excluding diaryl/α,β-unsaturated/α-hetero) is 1. The van der Waals surface area contributed by atoms with Gasteiger partial charge in [-0.05, 0) is 13.0 Å². The Labute approximate surface area is 131 Å². The number of methoxy groups -OCH3 is 3. The molecule has 1 aromatic carbocycles. The number of ether oxygens (including phenoxy) is 3. The molecule has 0 amide bonds. The summed E-state index contributed by atoms with van der Waals surface area (Å²) in [5, 5.41) is 3.26. The van der Waals surface area contributed by atoms with Crippen LogP contribution in [0.15, 0.2) is 12.1 Å². The molecule has 122 valence electrons. The van der Waals surface area contributed by atoms with Crippen LogP contribution in [0.3, 0.4) is 0 Å². The SMILES string of the molecule is COc1ccc(CN2CCNCC2C(C)=O)c(OC)c1OC. The monoisotopic (exact) mass is 308 g/mol. The molecule has 1 aliphatic rings. The fraction of sp³-hybridized carbons (Fsp3) is 0.562. The van der Waals surface area contributed by atoms with Gasteiger partial charge in [-0.3, -0.25) is 9.69 Å². The first-order valence-corrected chi connectivity index (χ1v) is 7.35. The highest BCUT2D eigenvalue weighted by atomic mass is 16.5. The Morgan fingerprint density at radius 1 is 1.23 bits per heavy atom. The van der Waals surface area contributed by atoms with Crippen LogP contribution in [-0.4, -0.2) is 57.7 Å². The van der Waals surface area contributed by atoms with Crippen LogP contribution in [0, 0.1) is 0 Å². The zero-order valence-electron chi connectivity index (χ0n) is 13.6. The van der Waals surface area contributed by atoms with Crippen LogP contribution in [0.4, 0.5) is 0 Å². The van der Waals surface area contributed by atoms with Crippen LogP contribution in [0.1, 0.15) is 12.5 Å². The van der Waals surface area contributed by atoms with E-state index in [4.69, 9.17) is 14.2 Å². The van der Waals surface area contributed by atoms with Gasteiger partial charge in [-0.2, -0.15) is 0 Å². The topological polar surface area (TPSA) is 60.0 Å². The van der Waals surface area contributed by atoms with Gasteiger partial charge in [0.05, 0.1) is 27.4 Å². The highest BCUT2D eigenvalue weighted by molar-refractivity contribution is 5.81. The predicted octanol–water partition coefficient (Wildman–Crippen LogP) is 1.08. The van der Waals surface area contributed by atoms with Gasteiger partial charge in [0.2, 0.25) is 5.75 Å². The average Bonchev–Trinajstić information content (AvgIpc) is 2.54. The molecule has 0 bridgehead atoms. The minimum atomic E-state index is -0.105. The van der Waals surface area contributed by atoms with Gasteiger partial charge in [-0.25, -0.2) is 0 Å². The molecular weight excluding hydrogens is 284 g/mol. The highest BCUT2D eigenvalue weighted by Crippen LogP contribution is 2.40. The van der Waals surface area contributed by atoms with Gasteiger partial charge in [0.1, 0.15) is 5.78 Å². The van der Waals surface area contributed by atoms with E-state index in [1.807, 2.05) is 12.1 Å². The molecule has 6 nitrogen and oxygen atoms in total. The summed E-state index contributed by atoms with van der Waals surface area (Å²) >= 11 is 0. The molecule has 1 fully saturated rings. The molecule has 1 aromatic rings. The Kier molecular flexibility index (Phi) is 5.63. The van der Waals surface area contributed by atoms with Crippen molar-refractivity contribution in [2.24, 2.45) is 0 Å². The molecule has 0 radical (unpaired) electrons. The van der Waals surface area contributed by atoms with Crippen LogP contribution in [-0.2, 0) is 11.3 Å². The Morgan fingerprint density at radius 3 is 2.55 bits per heavy atom. The smallest absolute Gasteiger partial charge is 0.203 e. The molecule has 1 aliphatic heterocycles. The highest BCUT2D eigenvalue weighted by Gasteiger charge is 2.27. The third kappa shape index (κ3) is 3.34. The van der Waals surface area contributed by atoms with Crippen molar-refractivity contribution in [1.29, 1.82) is 0 Å². The number of carbonyl (C=O) groups excluding carboxylic acids is 1. The Balaban J connectivity index is 2.30. The average molecular weight is 308 g/mol. The maximum Gasteiger partial charge on any atom is 0.203 e. The van der Waals surface area contributed by atoms with E-state index in [0.29, 0.717) is 30.3 Å². The fourth-order valence-corrected chi connectivity index (χ4v) is 2.84. The van der Waals surface area contributed by atoms with Crippen molar-refractivity contribution < 1.29 is 19.0 Å². The molecule has 1 saturated heterocycles. The number of nitrogens with one attached hydrogen (secondary N) is 1. The zero-order valence-corrected chi connectivity index (χ0v) is 13.6. The summed E-state index contributed by atoms with van der Waals surface area (Å²) in [4.78, 5) is 14.0. The van der Waals surface area contributed by atoms with Gasteiger partial charge in [0, 0.05) is 31.7 Å². The number of hydrogen-bond donors (Lipinski definition) is 1. The van der Waals surface area contributed by atoms with Crippen molar-refractivity contribution in [3.8, 4) is 17.2 Å². The Bertz CT molecular complexity index is 533. The summed E-state index contributed by atoms with van der Waals surface area (Å²) in [7, 11) is 4.80. The lowest BCUT2D eigenvalue weighted by Gasteiger charge is -2.35. The molecule has 0 aromatic heterocycles. The molecular formula is C16H24N2O4. The number of benzene rings is 1. The summed E-state index contributed by atoms with van der Waals surface area (Å²) in [6.07, 6.45) is 0. The standard InChI is InChI=1S/C16H24N2O4/c1-11(19)13-9-17-7-8-18(13)10-12-5-6-14(20-2)16(22-4)15(12)21-3/h5-6,13,17H,7-10H2,1-4H3. The summed E-state index contributed by atoms with van der Waals surface area (Å²) in [5.74, 6) is 2.04. The second-order valence-corrected chi connectivity index (χ2v) is 5.29. The van der Waals surface area contributed by atoms with E-state index < -0.39 is 0 Å². The number of carbonyl (C=O) groups is 1. The Morgan fingerprint density at radius 2 is 1.95 bits per heavy atom. The lowest BCUT2D eigenvalue weighted by molar-refractivity contribution is -0.123. The van der Waals surface area contributed by atoms with Gasteiger partial charge in [-0.1, -0.05) is 6.07 Å². The van der Waals surface area contributed by atoms with E-state index in [1.165, 1.54) is 0 Å². The fourth-order valence-electron chi connectivity index (χ4n) is 2.84. The second kappa shape index (κ2) is 7.47. The van der Waals surface area contributed by atoms with Crippen molar-refractivity contribution in [3.63, 3.8) is 0 Å². The first-order chi connectivity index (χ1) is 10.6. The van der Waals surface area contributed by atoms with E-state index in [1.54, 1.807) is 28.3 Å². The number of piperazine rings is 1. The van der Waals surface area contributed by atoms with Crippen LogP contribution < -0.4 is 19.5 Å². The van der Waals surface area contributed by atoms with Crippen LogP contribution >= 0.6 is 0 Å².